The van der Waals surface area contributed by atoms with Gasteiger partial charge in [0.15, 0.2) is 5.78 Å². The minimum absolute atomic E-state index is 0.0348. The first-order chi connectivity index (χ1) is 13.5. The Bertz CT molecular complexity index is 905. The number of fused-ring (bicyclic) bond motifs is 1. The number of likely N-dealkylation sites (N-methyl/N-ethyl adjacent to an activating group) is 1. The molecule has 1 aromatic carbocycles. The van der Waals surface area contributed by atoms with E-state index in [2.05, 4.69) is 10.00 Å². The lowest BCUT2D eigenvalue weighted by atomic mass is 9.97. The summed E-state index contributed by atoms with van der Waals surface area (Å²) < 4.78 is 7.81. The van der Waals surface area contributed by atoms with Crippen LogP contribution in [0.2, 0.25) is 0 Å². The molecule has 0 bridgehead atoms. The highest BCUT2D eigenvalue weighted by Gasteiger charge is 2.39. The lowest BCUT2D eigenvalue weighted by Crippen LogP contribution is -2.51. The van der Waals surface area contributed by atoms with E-state index in [1.165, 1.54) is 0 Å². The van der Waals surface area contributed by atoms with E-state index in [0.717, 1.165) is 11.1 Å². The molecule has 0 unspecified atom stereocenters. The highest BCUT2D eigenvalue weighted by Crippen LogP contribution is 2.33. The van der Waals surface area contributed by atoms with Gasteiger partial charge in [0.25, 0.3) is 5.91 Å². The Kier molecular flexibility index (Phi) is 5.03. The predicted octanol–water partition coefficient (Wildman–Crippen LogP) is 1.69. The lowest BCUT2D eigenvalue weighted by Gasteiger charge is -2.42. The Morgan fingerprint density at radius 1 is 1.32 bits per heavy atom. The molecule has 2 aliphatic rings. The first kappa shape index (κ1) is 18.8. The molecule has 0 saturated carbocycles. The fraction of sp³-hybridized carbons (Fsp3) is 0.476. The molecule has 0 N–H and O–H groups in total. The number of ketones is 1. The van der Waals surface area contributed by atoms with Gasteiger partial charge in [-0.1, -0.05) is 12.1 Å². The quantitative estimate of drug-likeness (QED) is 0.805. The summed E-state index contributed by atoms with van der Waals surface area (Å²) in [5.41, 5.74) is 3.19. The molecule has 1 fully saturated rings. The van der Waals surface area contributed by atoms with Gasteiger partial charge in [-0.2, -0.15) is 5.10 Å². The zero-order valence-electron chi connectivity index (χ0n) is 16.6. The third-order valence-corrected chi connectivity index (χ3v) is 5.53. The number of carbonyl (C=O) groups excluding carboxylic acids is 2. The summed E-state index contributed by atoms with van der Waals surface area (Å²) in [6, 6.07) is 5.27. The summed E-state index contributed by atoms with van der Waals surface area (Å²) >= 11 is 0. The molecule has 28 heavy (non-hydrogen) atoms. The number of aryl methyl sites for hydroxylation is 1. The van der Waals surface area contributed by atoms with Gasteiger partial charge in [-0.15, -0.1) is 0 Å². The number of aromatic nitrogens is 2. The predicted molar refractivity (Wildman–Crippen MR) is 104 cm³/mol. The van der Waals surface area contributed by atoms with Crippen LogP contribution in [0.5, 0.6) is 0 Å². The zero-order valence-corrected chi connectivity index (χ0v) is 16.6. The number of nitrogens with zero attached hydrogens (tertiary/aromatic N) is 4. The Morgan fingerprint density at radius 2 is 2.14 bits per heavy atom. The second-order valence-corrected chi connectivity index (χ2v) is 7.82. The van der Waals surface area contributed by atoms with Crippen molar-refractivity contribution in [3.05, 3.63) is 52.8 Å². The van der Waals surface area contributed by atoms with Gasteiger partial charge in [-0.05, 0) is 32.1 Å². The summed E-state index contributed by atoms with van der Waals surface area (Å²) in [5, 5.41) is 4.30. The van der Waals surface area contributed by atoms with Gasteiger partial charge in [-0.3, -0.25) is 14.3 Å². The maximum Gasteiger partial charge on any atom is 0.254 e. The first-order valence-electron chi connectivity index (χ1n) is 9.66. The Hall–Kier alpha value is -2.51. The number of amides is 1. The second-order valence-electron chi connectivity index (χ2n) is 7.82. The molecule has 1 amide bonds. The summed E-state index contributed by atoms with van der Waals surface area (Å²) in [6.45, 7) is 1.71. The monoisotopic (exact) mass is 382 g/mol. The zero-order chi connectivity index (χ0) is 19.8. The third kappa shape index (κ3) is 3.36. The third-order valence-electron chi connectivity index (χ3n) is 5.53. The van der Waals surface area contributed by atoms with Gasteiger partial charge >= 0.3 is 0 Å². The number of hydrogen-bond donors (Lipinski definition) is 0. The molecule has 1 aromatic heterocycles. The van der Waals surface area contributed by atoms with E-state index in [1.807, 2.05) is 50.4 Å². The largest absolute Gasteiger partial charge is 0.373 e. The normalized spacial score (nSPS) is 22.0. The molecule has 2 aromatic rings. The van der Waals surface area contributed by atoms with Gasteiger partial charge in [0.1, 0.15) is 0 Å². The Labute approximate surface area is 164 Å². The van der Waals surface area contributed by atoms with Crippen LogP contribution in [0.1, 0.15) is 44.3 Å². The highest BCUT2D eigenvalue weighted by molar-refractivity contribution is 6.05. The van der Waals surface area contributed by atoms with Crippen molar-refractivity contribution in [1.29, 1.82) is 0 Å². The van der Waals surface area contributed by atoms with Crippen LogP contribution in [0.25, 0.3) is 0 Å². The Morgan fingerprint density at radius 3 is 2.86 bits per heavy atom. The van der Waals surface area contributed by atoms with E-state index in [1.54, 1.807) is 10.9 Å². The average molecular weight is 382 g/mol. The molecule has 7 heteroatoms. The molecular weight excluding hydrogens is 356 g/mol. The lowest BCUT2D eigenvalue weighted by molar-refractivity contribution is -0.0685. The van der Waals surface area contributed by atoms with Crippen molar-refractivity contribution < 1.29 is 14.3 Å². The molecule has 0 radical (unpaired) electrons. The molecule has 148 valence electrons. The number of rotatable bonds is 4. The maximum atomic E-state index is 13.6. The topological polar surface area (TPSA) is 67.7 Å². The van der Waals surface area contributed by atoms with Crippen molar-refractivity contribution >= 4 is 11.7 Å². The van der Waals surface area contributed by atoms with E-state index in [0.29, 0.717) is 43.7 Å². The van der Waals surface area contributed by atoms with Gasteiger partial charge in [0, 0.05) is 49.4 Å². The number of benzene rings is 1. The minimum Gasteiger partial charge on any atom is -0.373 e. The van der Waals surface area contributed by atoms with Crippen LogP contribution in [0.15, 0.2) is 30.6 Å². The number of carbonyl (C=O) groups is 2. The van der Waals surface area contributed by atoms with Crippen LogP contribution in [-0.2, 0) is 18.2 Å². The smallest absolute Gasteiger partial charge is 0.254 e. The van der Waals surface area contributed by atoms with E-state index >= 15 is 0 Å². The first-order valence-corrected chi connectivity index (χ1v) is 9.66. The number of ether oxygens (including phenoxy) is 1. The molecule has 1 aliphatic carbocycles. The van der Waals surface area contributed by atoms with Crippen LogP contribution < -0.4 is 0 Å². The number of hydrogen-bond acceptors (Lipinski definition) is 5. The van der Waals surface area contributed by atoms with E-state index in [-0.39, 0.29) is 23.8 Å². The van der Waals surface area contributed by atoms with Crippen molar-refractivity contribution in [3.8, 4) is 0 Å². The molecule has 4 rings (SSSR count). The maximum absolute atomic E-state index is 13.6. The van der Waals surface area contributed by atoms with Gasteiger partial charge in [0.05, 0.1) is 24.9 Å². The minimum atomic E-state index is -0.217. The summed E-state index contributed by atoms with van der Waals surface area (Å²) in [5.74, 6) is 0.0911. The van der Waals surface area contributed by atoms with Crippen molar-refractivity contribution in [2.75, 3.05) is 33.8 Å². The van der Waals surface area contributed by atoms with Crippen LogP contribution in [-0.4, -0.2) is 71.2 Å². The molecule has 1 aliphatic heterocycles. The van der Waals surface area contributed by atoms with Gasteiger partial charge in [0.2, 0.25) is 0 Å². The van der Waals surface area contributed by atoms with Crippen molar-refractivity contribution in [2.45, 2.75) is 25.0 Å². The summed E-state index contributed by atoms with van der Waals surface area (Å²) in [4.78, 5) is 29.7. The molecule has 7 nitrogen and oxygen atoms in total. The molecule has 2 heterocycles. The van der Waals surface area contributed by atoms with Crippen molar-refractivity contribution in [3.63, 3.8) is 0 Å². The summed E-state index contributed by atoms with van der Waals surface area (Å²) in [6.07, 6.45) is 4.73. The van der Waals surface area contributed by atoms with E-state index in [4.69, 9.17) is 4.74 Å². The number of morpholine rings is 1. The highest BCUT2D eigenvalue weighted by atomic mass is 16.5. The van der Waals surface area contributed by atoms with Gasteiger partial charge in [-0.25, -0.2) is 0 Å². The van der Waals surface area contributed by atoms with Crippen LogP contribution in [0.4, 0.5) is 0 Å². The van der Waals surface area contributed by atoms with Crippen molar-refractivity contribution in [2.24, 2.45) is 7.05 Å². The molecule has 2 atom stereocenters. The Balaban J connectivity index is 1.72. The van der Waals surface area contributed by atoms with E-state index < -0.39 is 0 Å². The SMILES string of the molecule is CN(C)C[C@@H]1OCCN(C(=O)c2cccc3c2CCC3=O)[C@H]1c1cnn(C)c1. The van der Waals surface area contributed by atoms with Gasteiger partial charge < -0.3 is 14.5 Å². The van der Waals surface area contributed by atoms with Crippen molar-refractivity contribution in [1.82, 2.24) is 19.6 Å². The second kappa shape index (κ2) is 7.48. The number of Topliss-reactive ketones (excluding diaryl/α,β-unsaturated/α-hetero) is 1. The molecule has 1 saturated heterocycles. The fourth-order valence-electron chi connectivity index (χ4n) is 4.31. The molecular formula is C21H26N4O3. The van der Waals surface area contributed by atoms with E-state index in [9.17, 15) is 9.59 Å². The summed E-state index contributed by atoms with van der Waals surface area (Å²) in [7, 11) is 5.87. The average Bonchev–Trinajstić information content (AvgIpc) is 3.26. The molecule has 0 spiro atoms. The standard InChI is InChI=1S/C21H26N4O3/c1-23(2)13-19-20(14-11-22-24(3)12-14)25(9-10-28-19)21(27)17-6-4-5-16-15(17)7-8-18(16)26/h4-6,11-12,19-20H,7-10,13H2,1-3H3/t19-,20-/m0/s1. The van der Waals surface area contributed by atoms with Crippen LogP contribution >= 0.6 is 0 Å². The van der Waals surface area contributed by atoms with Crippen LogP contribution in [0.3, 0.4) is 0 Å². The fourth-order valence-corrected chi connectivity index (χ4v) is 4.31. The van der Waals surface area contributed by atoms with Crippen LogP contribution in [0, 0.1) is 0 Å².